The van der Waals surface area contributed by atoms with E-state index in [9.17, 15) is 4.39 Å². The Labute approximate surface area is 179 Å². The maximum atomic E-state index is 14.6. The summed E-state index contributed by atoms with van der Waals surface area (Å²) in [6, 6.07) is 17.1. The van der Waals surface area contributed by atoms with Gasteiger partial charge >= 0.3 is 0 Å². The van der Waals surface area contributed by atoms with Crippen LogP contribution in [0.15, 0.2) is 54.6 Å². The highest BCUT2D eigenvalue weighted by Gasteiger charge is 2.24. The minimum absolute atomic E-state index is 0.343. The van der Waals surface area contributed by atoms with Gasteiger partial charge in [0.2, 0.25) is 5.95 Å². The van der Waals surface area contributed by atoms with Crippen molar-refractivity contribution in [3.05, 3.63) is 66.0 Å². The minimum atomic E-state index is -0.343. The van der Waals surface area contributed by atoms with Gasteiger partial charge in [0.25, 0.3) is 0 Å². The average Bonchev–Trinajstić information content (AvgIpc) is 3.08. The second-order valence-corrected chi connectivity index (χ2v) is 7.81. The van der Waals surface area contributed by atoms with Crippen LogP contribution in [0, 0.1) is 5.82 Å². The first-order chi connectivity index (χ1) is 15.1. The zero-order valence-electron chi connectivity index (χ0n) is 17.4. The molecule has 0 unspecified atom stereocenters. The number of aromatic nitrogens is 4. The molecule has 0 amide bonds. The Hall–Kier alpha value is -3.52. The maximum Gasteiger partial charge on any atom is 0.228 e. The molecule has 4 aromatic rings. The average molecular weight is 417 g/mol. The molecule has 0 spiro atoms. The highest BCUT2D eigenvalue weighted by atomic mass is 19.1. The summed E-state index contributed by atoms with van der Waals surface area (Å²) < 4.78 is 16.2. The number of anilines is 2. The van der Waals surface area contributed by atoms with E-state index in [1.807, 2.05) is 6.07 Å². The predicted molar refractivity (Wildman–Crippen MR) is 120 cm³/mol. The van der Waals surface area contributed by atoms with Gasteiger partial charge < -0.3 is 10.6 Å². The van der Waals surface area contributed by atoms with Crippen LogP contribution in [-0.4, -0.2) is 50.8 Å². The number of nitrogens with two attached hydrogens (primary N) is 1. The number of piperazine rings is 1. The van der Waals surface area contributed by atoms with Gasteiger partial charge in [-0.2, -0.15) is 10.1 Å². The molecule has 7 nitrogen and oxygen atoms in total. The fourth-order valence-electron chi connectivity index (χ4n) is 4.04. The molecular formula is C23H24FN7. The highest BCUT2D eigenvalue weighted by Crippen LogP contribution is 2.33. The van der Waals surface area contributed by atoms with Gasteiger partial charge in [-0.1, -0.05) is 42.5 Å². The number of rotatable bonds is 4. The molecule has 158 valence electrons. The highest BCUT2D eigenvalue weighted by molar-refractivity contribution is 5.99. The lowest BCUT2D eigenvalue weighted by Gasteiger charge is -2.34. The van der Waals surface area contributed by atoms with Crippen LogP contribution in [0.3, 0.4) is 0 Å². The summed E-state index contributed by atoms with van der Waals surface area (Å²) in [6.45, 7) is 4.30. The Morgan fingerprint density at radius 1 is 0.935 bits per heavy atom. The SMILES string of the molecule is Cn1nc2nc(N3CCN(Cc4ccccc4)CC3)nc(-c3ccccc3F)c2c1N. The molecule has 0 aliphatic carbocycles. The molecule has 2 aromatic carbocycles. The number of halogens is 1. The van der Waals surface area contributed by atoms with Crippen LogP contribution in [0.1, 0.15) is 5.56 Å². The second kappa shape index (κ2) is 7.96. The molecule has 1 aliphatic heterocycles. The molecule has 3 heterocycles. The van der Waals surface area contributed by atoms with Gasteiger partial charge in [0, 0.05) is 45.3 Å². The van der Waals surface area contributed by atoms with Crippen LogP contribution in [0.4, 0.5) is 16.2 Å². The van der Waals surface area contributed by atoms with Crippen molar-refractivity contribution < 1.29 is 4.39 Å². The van der Waals surface area contributed by atoms with Crippen LogP contribution in [-0.2, 0) is 13.6 Å². The van der Waals surface area contributed by atoms with Crippen LogP contribution in [0.25, 0.3) is 22.3 Å². The van der Waals surface area contributed by atoms with Crippen molar-refractivity contribution in [1.82, 2.24) is 24.6 Å². The summed E-state index contributed by atoms with van der Waals surface area (Å²) >= 11 is 0. The molecule has 2 aromatic heterocycles. The molecule has 1 saturated heterocycles. The largest absolute Gasteiger partial charge is 0.383 e. The van der Waals surface area contributed by atoms with Crippen LogP contribution in [0.5, 0.6) is 0 Å². The quantitative estimate of drug-likeness (QED) is 0.550. The van der Waals surface area contributed by atoms with Crippen molar-refractivity contribution in [2.45, 2.75) is 6.54 Å². The third-order valence-electron chi connectivity index (χ3n) is 5.76. The lowest BCUT2D eigenvalue weighted by atomic mass is 10.1. The Kier molecular flexibility index (Phi) is 4.99. The third-order valence-corrected chi connectivity index (χ3v) is 5.76. The molecule has 0 saturated carbocycles. The molecule has 5 rings (SSSR count). The van der Waals surface area contributed by atoms with Gasteiger partial charge in [-0.05, 0) is 17.7 Å². The zero-order valence-corrected chi connectivity index (χ0v) is 17.4. The lowest BCUT2D eigenvalue weighted by molar-refractivity contribution is 0.249. The standard InChI is InChI=1S/C23H24FN7/c1-29-21(25)19-20(17-9-5-6-10-18(17)24)26-23(27-22(19)28-29)31-13-11-30(12-14-31)15-16-7-3-2-4-8-16/h2-10H,11-15,25H2,1H3. The molecule has 1 fully saturated rings. The van der Waals surface area contributed by atoms with Crippen molar-refractivity contribution in [3.8, 4) is 11.3 Å². The van der Waals surface area contributed by atoms with E-state index in [4.69, 9.17) is 10.7 Å². The van der Waals surface area contributed by atoms with Crippen molar-refractivity contribution in [1.29, 1.82) is 0 Å². The Bertz CT molecular complexity index is 1210. The topological polar surface area (TPSA) is 76.1 Å². The first-order valence-electron chi connectivity index (χ1n) is 10.4. The van der Waals surface area contributed by atoms with Gasteiger partial charge in [0.15, 0.2) is 5.65 Å². The number of aryl methyl sites for hydroxylation is 1. The zero-order chi connectivity index (χ0) is 21.4. The van der Waals surface area contributed by atoms with E-state index in [1.165, 1.54) is 11.6 Å². The number of benzene rings is 2. The molecule has 0 bridgehead atoms. The molecular weight excluding hydrogens is 393 g/mol. The van der Waals surface area contributed by atoms with Gasteiger partial charge in [-0.3, -0.25) is 9.58 Å². The van der Waals surface area contributed by atoms with E-state index in [-0.39, 0.29) is 5.82 Å². The number of fused-ring (bicyclic) bond motifs is 1. The first-order valence-corrected chi connectivity index (χ1v) is 10.4. The summed E-state index contributed by atoms with van der Waals surface area (Å²) in [4.78, 5) is 14.0. The maximum absolute atomic E-state index is 14.6. The van der Waals surface area contributed by atoms with Crippen molar-refractivity contribution in [2.75, 3.05) is 36.8 Å². The molecule has 0 atom stereocenters. The lowest BCUT2D eigenvalue weighted by Crippen LogP contribution is -2.46. The van der Waals surface area contributed by atoms with E-state index in [2.05, 4.69) is 44.1 Å². The first kappa shape index (κ1) is 19.4. The Morgan fingerprint density at radius 2 is 1.65 bits per heavy atom. The Morgan fingerprint density at radius 3 is 2.39 bits per heavy atom. The molecule has 8 heteroatoms. The summed E-state index contributed by atoms with van der Waals surface area (Å²) in [5.41, 5.74) is 8.89. The fraction of sp³-hybridized carbons (Fsp3) is 0.261. The van der Waals surface area contributed by atoms with Gasteiger partial charge in [0.05, 0.1) is 11.1 Å². The third kappa shape index (κ3) is 3.70. The fourth-order valence-corrected chi connectivity index (χ4v) is 4.04. The minimum Gasteiger partial charge on any atom is -0.383 e. The summed E-state index contributed by atoms with van der Waals surface area (Å²) in [6.07, 6.45) is 0. The van der Waals surface area contributed by atoms with E-state index >= 15 is 0 Å². The van der Waals surface area contributed by atoms with E-state index < -0.39 is 0 Å². The van der Waals surface area contributed by atoms with E-state index in [1.54, 1.807) is 29.9 Å². The van der Waals surface area contributed by atoms with Crippen molar-refractivity contribution in [2.24, 2.45) is 7.05 Å². The van der Waals surface area contributed by atoms with E-state index in [0.29, 0.717) is 34.1 Å². The van der Waals surface area contributed by atoms with Crippen molar-refractivity contribution in [3.63, 3.8) is 0 Å². The molecule has 1 aliphatic rings. The van der Waals surface area contributed by atoms with E-state index in [0.717, 1.165) is 32.7 Å². The molecule has 0 radical (unpaired) electrons. The van der Waals surface area contributed by atoms with Gasteiger partial charge in [-0.25, -0.2) is 9.37 Å². The van der Waals surface area contributed by atoms with Crippen LogP contribution in [0.2, 0.25) is 0 Å². The summed E-state index contributed by atoms with van der Waals surface area (Å²) in [7, 11) is 1.75. The van der Waals surface area contributed by atoms with Crippen LogP contribution >= 0.6 is 0 Å². The number of hydrogen-bond acceptors (Lipinski definition) is 6. The number of nitrogens with zero attached hydrogens (tertiary/aromatic N) is 6. The Balaban J connectivity index is 1.45. The summed E-state index contributed by atoms with van der Waals surface area (Å²) in [5.74, 6) is 0.639. The predicted octanol–water partition coefficient (Wildman–Crippen LogP) is 3.07. The van der Waals surface area contributed by atoms with Crippen molar-refractivity contribution >= 4 is 22.8 Å². The molecule has 31 heavy (non-hydrogen) atoms. The van der Waals surface area contributed by atoms with Crippen LogP contribution < -0.4 is 10.6 Å². The summed E-state index contributed by atoms with van der Waals surface area (Å²) in [5, 5.41) is 5.02. The number of nitrogen functional groups attached to an aromatic ring is 1. The van der Waals surface area contributed by atoms with Gasteiger partial charge in [0.1, 0.15) is 11.6 Å². The van der Waals surface area contributed by atoms with Gasteiger partial charge in [-0.15, -0.1) is 0 Å². The smallest absolute Gasteiger partial charge is 0.228 e. The molecule has 2 N–H and O–H groups in total. The number of hydrogen-bond donors (Lipinski definition) is 1. The monoisotopic (exact) mass is 417 g/mol. The normalized spacial score (nSPS) is 15.0. The second-order valence-electron chi connectivity index (χ2n) is 7.81.